The van der Waals surface area contributed by atoms with Gasteiger partial charge in [-0.2, -0.15) is 5.10 Å². The van der Waals surface area contributed by atoms with Crippen LogP contribution >= 0.6 is 0 Å². The lowest BCUT2D eigenvalue weighted by Gasteiger charge is -2.32. The zero-order valence-corrected chi connectivity index (χ0v) is 14.5. The zero-order valence-electron chi connectivity index (χ0n) is 14.5. The lowest BCUT2D eigenvalue weighted by Crippen LogP contribution is -2.40. The number of likely N-dealkylation sites (tertiary alicyclic amines) is 1. The van der Waals surface area contributed by atoms with Crippen LogP contribution in [0.25, 0.3) is 0 Å². The Labute approximate surface area is 152 Å². The topological polar surface area (TPSA) is 63.9 Å². The second kappa shape index (κ2) is 7.47. The first kappa shape index (κ1) is 16.4. The molecule has 0 unspecified atom stereocenters. The number of carbonyl (C=O) groups excluding carboxylic acids is 1. The molecule has 0 spiro atoms. The number of carbonyl (C=O) groups is 1. The molecule has 6 heteroatoms. The molecular formula is C20H21N5O. The van der Waals surface area contributed by atoms with E-state index in [1.165, 1.54) is 5.56 Å². The smallest absolute Gasteiger partial charge is 0.274 e. The molecule has 1 aromatic carbocycles. The van der Waals surface area contributed by atoms with Crippen LogP contribution in [-0.4, -0.2) is 43.6 Å². The Bertz CT molecular complexity index is 862. The molecule has 1 aliphatic heterocycles. The third-order valence-corrected chi connectivity index (χ3v) is 4.81. The van der Waals surface area contributed by atoms with Crippen molar-refractivity contribution in [1.29, 1.82) is 0 Å². The Kier molecular flexibility index (Phi) is 4.73. The van der Waals surface area contributed by atoms with Crippen LogP contribution in [0.4, 0.5) is 0 Å². The van der Waals surface area contributed by atoms with Crippen LogP contribution < -0.4 is 0 Å². The van der Waals surface area contributed by atoms with E-state index in [9.17, 15) is 4.79 Å². The minimum Gasteiger partial charge on any atom is -0.337 e. The van der Waals surface area contributed by atoms with Gasteiger partial charge < -0.3 is 9.47 Å². The molecule has 4 rings (SSSR count). The number of amides is 1. The first-order valence-electron chi connectivity index (χ1n) is 8.93. The van der Waals surface area contributed by atoms with Crippen LogP contribution in [0.3, 0.4) is 0 Å². The summed E-state index contributed by atoms with van der Waals surface area (Å²) in [6, 6.07) is 13.8. The molecular weight excluding hydrogens is 326 g/mol. The average molecular weight is 347 g/mol. The fourth-order valence-corrected chi connectivity index (χ4v) is 3.54. The normalized spacial score (nSPS) is 17.2. The van der Waals surface area contributed by atoms with Crippen LogP contribution in [0.2, 0.25) is 0 Å². The number of imidazole rings is 1. The molecule has 0 bridgehead atoms. The molecule has 132 valence electrons. The first-order valence-corrected chi connectivity index (χ1v) is 8.93. The van der Waals surface area contributed by atoms with Crippen molar-refractivity contribution >= 4 is 5.91 Å². The average Bonchev–Trinajstić information content (AvgIpc) is 3.17. The summed E-state index contributed by atoms with van der Waals surface area (Å²) in [7, 11) is 0. The van der Waals surface area contributed by atoms with Gasteiger partial charge in [0.25, 0.3) is 5.91 Å². The van der Waals surface area contributed by atoms with Crippen molar-refractivity contribution in [1.82, 2.24) is 24.6 Å². The zero-order chi connectivity index (χ0) is 17.8. The van der Waals surface area contributed by atoms with Gasteiger partial charge in [-0.05, 0) is 30.5 Å². The summed E-state index contributed by atoms with van der Waals surface area (Å²) in [6.45, 7) is 2.22. The van der Waals surface area contributed by atoms with E-state index in [2.05, 4.69) is 31.9 Å². The first-order chi connectivity index (χ1) is 12.8. The SMILES string of the molecule is O=C(c1cccnn1)N1CCC[C@@H](c2nccn2Cc2ccccc2)C1. The van der Waals surface area contributed by atoms with Crippen LogP contribution in [0.15, 0.2) is 61.1 Å². The Balaban J connectivity index is 1.50. The highest BCUT2D eigenvalue weighted by Crippen LogP contribution is 2.27. The highest BCUT2D eigenvalue weighted by atomic mass is 16.2. The van der Waals surface area contributed by atoms with E-state index in [4.69, 9.17) is 0 Å². The van der Waals surface area contributed by atoms with Crippen molar-refractivity contribution in [2.24, 2.45) is 0 Å². The van der Waals surface area contributed by atoms with Crippen LogP contribution in [0.1, 0.15) is 40.6 Å². The summed E-state index contributed by atoms with van der Waals surface area (Å²) in [6.07, 6.45) is 7.45. The van der Waals surface area contributed by atoms with Gasteiger partial charge in [0.2, 0.25) is 0 Å². The largest absolute Gasteiger partial charge is 0.337 e. The van der Waals surface area contributed by atoms with E-state index in [1.54, 1.807) is 18.3 Å². The van der Waals surface area contributed by atoms with Gasteiger partial charge in [-0.25, -0.2) is 4.98 Å². The second-order valence-corrected chi connectivity index (χ2v) is 6.60. The molecule has 1 atom stereocenters. The van der Waals surface area contributed by atoms with Crippen molar-refractivity contribution in [2.45, 2.75) is 25.3 Å². The summed E-state index contributed by atoms with van der Waals surface area (Å²) in [5.41, 5.74) is 1.65. The predicted octanol–water partition coefficient (Wildman–Crippen LogP) is 2.74. The highest BCUT2D eigenvalue weighted by Gasteiger charge is 2.28. The van der Waals surface area contributed by atoms with E-state index in [-0.39, 0.29) is 11.8 Å². The maximum atomic E-state index is 12.7. The Morgan fingerprint density at radius 3 is 2.81 bits per heavy atom. The fourth-order valence-electron chi connectivity index (χ4n) is 3.54. The van der Waals surface area contributed by atoms with Gasteiger partial charge in [-0.15, -0.1) is 5.10 Å². The van der Waals surface area contributed by atoms with Gasteiger partial charge in [0.15, 0.2) is 5.69 Å². The monoisotopic (exact) mass is 347 g/mol. The predicted molar refractivity (Wildman–Crippen MR) is 97.7 cm³/mol. The lowest BCUT2D eigenvalue weighted by molar-refractivity contribution is 0.0696. The highest BCUT2D eigenvalue weighted by molar-refractivity contribution is 5.92. The Hall–Kier alpha value is -3.02. The van der Waals surface area contributed by atoms with Crippen molar-refractivity contribution < 1.29 is 4.79 Å². The molecule has 2 aromatic heterocycles. The van der Waals surface area contributed by atoms with Crippen molar-refractivity contribution in [2.75, 3.05) is 13.1 Å². The molecule has 0 radical (unpaired) electrons. The number of hydrogen-bond donors (Lipinski definition) is 0. The quantitative estimate of drug-likeness (QED) is 0.728. The van der Waals surface area contributed by atoms with Crippen molar-refractivity contribution in [3.05, 3.63) is 78.1 Å². The van der Waals surface area contributed by atoms with Crippen LogP contribution in [0.5, 0.6) is 0 Å². The Morgan fingerprint density at radius 2 is 2.00 bits per heavy atom. The summed E-state index contributed by atoms with van der Waals surface area (Å²) in [5, 5.41) is 7.77. The van der Waals surface area contributed by atoms with Gasteiger partial charge in [0.05, 0.1) is 0 Å². The minimum atomic E-state index is -0.0519. The maximum Gasteiger partial charge on any atom is 0.274 e. The summed E-state index contributed by atoms with van der Waals surface area (Å²) >= 11 is 0. The molecule has 26 heavy (non-hydrogen) atoms. The maximum absolute atomic E-state index is 12.7. The number of nitrogens with zero attached hydrogens (tertiary/aromatic N) is 5. The molecule has 0 saturated carbocycles. The van der Waals surface area contributed by atoms with E-state index < -0.39 is 0 Å². The van der Waals surface area contributed by atoms with E-state index in [1.807, 2.05) is 35.5 Å². The lowest BCUT2D eigenvalue weighted by atomic mass is 9.96. The summed E-state index contributed by atoms with van der Waals surface area (Å²) < 4.78 is 2.19. The molecule has 1 amide bonds. The molecule has 1 fully saturated rings. The number of benzene rings is 1. The fraction of sp³-hybridized carbons (Fsp3) is 0.300. The third-order valence-electron chi connectivity index (χ3n) is 4.81. The molecule has 6 nitrogen and oxygen atoms in total. The summed E-state index contributed by atoms with van der Waals surface area (Å²) in [5.74, 6) is 1.23. The minimum absolute atomic E-state index is 0.0519. The standard InChI is InChI=1S/C20H21N5O/c26-20(18-9-4-10-22-23-18)25-12-5-8-17(15-25)19-21-11-13-24(19)14-16-6-2-1-3-7-16/h1-4,6-7,9-11,13,17H,5,8,12,14-15H2/t17-/m1/s1. The van der Waals surface area contributed by atoms with Gasteiger partial charge in [-0.3, -0.25) is 4.79 Å². The molecule has 1 aliphatic rings. The van der Waals surface area contributed by atoms with Crippen LogP contribution in [-0.2, 0) is 6.54 Å². The van der Waals surface area contributed by atoms with Gasteiger partial charge >= 0.3 is 0 Å². The van der Waals surface area contributed by atoms with Gasteiger partial charge in [-0.1, -0.05) is 30.3 Å². The van der Waals surface area contributed by atoms with Crippen molar-refractivity contribution in [3.8, 4) is 0 Å². The summed E-state index contributed by atoms with van der Waals surface area (Å²) in [4.78, 5) is 19.2. The van der Waals surface area contributed by atoms with E-state index in [0.29, 0.717) is 12.2 Å². The molecule has 3 heterocycles. The van der Waals surface area contributed by atoms with Crippen molar-refractivity contribution in [3.63, 3.8) is 0 Å². The molecule has 1 saturated heterocycles. The van der Waals surface area contributed by atoms with Gasteiger partial charge in [0.1, 0.15) is 5.82 Å². The third kappa shape index (κ3) is 3.49. The molecule has 3 aromatic rings. The molecule has 0 N–H and O–H groups in total. The van der Waals surface area contributed by atoms with Gasteiger partial charge in [0, 0.05) is 44.1 Å². The van der Waals surface area contributed by atoms with Crippen LogP contribution in [0, 0.1) is 0 Å². The van der Waals surface area contributed by atoms with E-state index >= 15 is 0 Å². The Morgan fingerprint density at radius 1 is 1.12 bits per heavy atom. The number of hydrogen-bond acceptors (Lipinski definition) is 4. The van der Waals surface area contributed by atoms with E-state index in [0.717, 1.165) is 31.8 Å². The molecule has 0 aliphatic carbocycles. The number of piperidine rings is 1. The second-order valence-electron chi connectivity index (χ2n) is 6.60. The number of rotatable bonds is 4. The number of aromatic nitrogens is 4.